The second kappa shape index (κ2) is 16.9. The number of hydrogen-bond donors (Lipinski definition) is 1. The maximum Gasteiger partial charge on any atom is 0.0311 e. The molecule has 0 saturated heterocycles. The van der Waals surface area contributed by atoms with E-state index in [0.717, 1.165) is 30.7 Å². The Morgan fingerprint density at radius 2 is 1.82 bits per heavy atom. The first kappa shape index (κ1) is 33.2. The molecule has 2 rings (SSSR count). The van der Waals surface area contributed by atoms with Crippen LogP contribution < -0.4 is 5.32 Å². The highest BCUT2D eigenvalue weighted by molar-refractivity contribution is 5.05. The number of nitrogens with zero attached hydrogens (tertiary/aromatic N) is 1. The Morgan fingerprint density at radius 3 is 2.42 bits per heavy atom. The number of nitrogens with one attached hydrogen (secondary N) is 1. The van der Waals surface area contributed by atoms with Gasteiger partial charge >= 0.3 is 0 Å². The van der Waals surface area contributed by atoms with Crippen LogP contribution in [0, 0.1) is 41.4 Å². The highest BCUT2D eigenvalue weighted by Gasteiger charge is 2.36. The smallest absolute Gasteiger partial charge is 0.0311 e. The normalized spacial score (nSPS) is 25.7. The predicted octanol–water partition coefficient (Wildman–Crippen LogP) is 10.0. The summed E-state index contributed by atoms with van der Waals surface area (Å²) in [6.45, 7) is 30.5. The van der Waals surface area contributed by atoms with E-state index < -0.39 is 0 Å². The van der Waals surface area contributed by atoms with Gasteiger partial charge in [0.1, 0.15) is 0 Å². The molecule has 0 amide bonds. The molecule has 2 heteroatoms. The van der Waals surface area contributed by atoms with Crippen LogP contribution in [0.2, 0.25) is 0 Å². The van der Waals surface area contributed by atoms with Gasteiger partial charge in [0.05, 0.1) is 0 Å². The van der Waals surface area contributed by atoms with E-state index in [0.29, 0.717) is 35.8 Å². The highest BCUT2D eigenvalue weighted by atomic mass is 15.2. The van der Waals surface area contributed by atoms with E-state index in [1.165, 1.54) is 76.5 Å². The summed E-state index contributed by atoms with van der Waals surface area (Å²) in [5.74, 6) is 5.24. The summed E-state index contributed by atoms with van der Waals surface area (Å²) in [5.41, 5.74) is 2.84. The molecule has 220 valence electrons. The maximum absolute atomic E-state index is 4.42. The minimum Gasteiger partial charge on any atom is -0.389 e. The lowest BCUT2D eigenvalue weighted by molar-refractivity contribution is 0.0504. The van der Waals surface area contributed by atoms with E-state index in [9.17, 15) is 0 Å². The zero-order valence-electron chi connectivity index (χ0n) is 26.9. The zero-order chi connectivity index (χ0) is 28.2. The van der Waals surface area contributed by atoms with Crippen LogP contribution in [0.1, 0.15) is 126 Å². The first-order valence-corrected chi connectivity index (χ1v) is 16.5. The number of allylic oxidation sites excluding steroid dienone is 3. The van der Waals surface area contributed by atoms with Crippen LogP contribution in [0.5, 0.6) is 0 Å². The van der Waals surface area contributed by atoms with Crippen LogP contribution in [0.25, 0.3) is 0 Å². The van der Waals surface area contributed by atoms with Gasteiger partial charge in [0, 0.05) is 30.9 Å². The monoisotopic (exact) mass is 527 g/mol. The van der Waals surface area contributed by atoms with Crippen molar-refractivity contribution in [2.24, 2.45) is 41.4 Å². The second-order valence-electron chi connectivity index (χ2n) is 14.1. The molecule has 7 atom stereocenters. The molecule has 38 heavy (non-hydrogen) atoms. The van der Waals surface area contributed by atoms with Gasteiger partial charge in [0.2, 0.25) is 0 Å². The second-order valence-corrected chi connectivity index (χ2v) is 14.1. The summed E-state index contributed by atoms with van der Waals surface area (Å²) in [7, 11) is 0. The quantitative estimate of drug-likeness (QED) is 0.150. The van der Waals surface area contributed by atoms with Gasteiger partial charge in [-0.2, -0.15) is 0 Å². The van der Waals surface area contributed by atoms with E-state index in [-0.39, 0.29) is 0 Å². The third-order valence-electron chi connectivity index (χ3n) is 10.5. The lowest BCUT2D eigenvalue weighted by Crippen LogP contribution is -2.50. The Balaban J connectivity index is 1.94. The molecule has 1 N–H and O–H groups in total. The van der Waals surface area contributed by atoms with E-state index in [1.807, 2.05) is 0 Å². The average Bonchev–Trinajstić information content (AvgIpc) is 2.87. The Kier molecular flexibility index (Phi) is 14.8. The summed E-state index contributed by atoms with van der Waals surface area (Å²) in [5, 5.41) is 3.70. The van der Waals surface area contributed by atoms with Crippen molar-refractivity contribution in [3.8, 4) is 0 Å². The molecule has 0 aromatic rings. The van der Waals surface area contributed by atoms with E-state index in [2.05, 4.69) is 90.9 Å². The van der Waals surface area contributed by atoms with Crippen LogP contribution in [0.4, 0.5) is 0 Å². The lowest BCUT2D eigenvalue weighted by atomic mass is 9.71. The Labute approximate surface area is 239 Å². The highest BCUT2D eigenvalue weighted by Crippen LogP contribution is 2.37. The van der Waals surface area contributed by atoms with Crippen molar-refractivity contribution in [1.82, 2.24) is 10.2 Å². The molecule has 7 unspecified atom stereocenters. The molecular weight excluding hydrogens is 460 g/mol. The van der Waals surface area contributed by atoms with E-state index in [1.54, 1.807) is 5.57 Å². The minimum absolute atomic E-state index is 0.439. The Hall–Kier alpha value is -1.02. The molecule has 2 nitrogen and oxygen atoms in total. The van der Waals surface area contributed by atoms with Crippen LogP contribution in [0.3, 0.4) is 0 Å². The van der Waals surface area contributed by atoms with Crippen molar-refractivity contribution in [2.75, 3.05) is 13.1 Å². The molecule has 2 aliphatic carbocycles. The molecular formula is C36H66N2. The van der Waals surface area contributed by atoms with Gasteiger partial charge in [-0.3, -0.25) is 4.90 Å². The van der Waals surface area contributed by atoms with Crippen molar-refractivity contribution in [3.63, 3.8) is 0 Å². The fourth-order valence-electron chi connectivity index (χ4n) is 7.61. The van der Waals surface area contributed by atoms with Crippen LogP contribution in [-0.4, -0.2) is 30.1 Å². The number of rotatable bonds is 17. The third kappa shape index (κ3) is 10.5. The average molecular weight is 527 g/mol. The van der Waals surface area contributed by atoms with Crippen molar-refractivity contribution in [1.29, 1.82) is 0 Å². The fourth-order valence-corrected chi connectivity index (χ4v) is 7.61. The Morgan fingerprint density at radius 1 is 1.11 bits per heavy atom. The molecule has 1 saturated carbocycles. The van der Waals surface area contributed by atoms with E-state index in [4.69, 9.17) is 0 Å². The molecule has 1 fully saturated rings. The van der Waals surface area contributed by atoms with Gasteiger partial charge in [-0.25, -0.2) is 0 Å². The zero-order valence-corrected chi connectivity index (χ0v) is 26.9. The first-order valence-electron chi connectivity index (χ1n) is 16.5. The lowest BCUT2D eigenvalue weighted by Gasteiger charge is -2.45. The molecule has 0 radical (unpaired) electrons. The molecule has 2 aliphatic rings. The fraction of sp³-hybridized carbons (Fsp3) is 0.833. The van der Waals surface area contributed by atoms with Crippen LogP contribution in [-0.2, 0) is 0 Å². The summed E-state index contributed by atoms with van der Waals surface area (Å²) in [6.07, 6.45) is 19.3. The van der Waals surface area contributed by atoms with Crippen molar-refractivity contribution >= 4 is 0 Å². The SMILES string of the molecule is C=CC(C(C(C)CCCNC(=C)CCC1CCCCC1C)C(C)C(C)C)N(CC1CCC=C(C)C1)C(C)C. The summed E-state index contributed by atoms with van der Waals surface area (Å²) in [4.78, 5) is 2.81. The van der Waals surface area contributed by atoms with Gasteiger partial charge in [-0.05, 0) is 107 Å². The molecule has 0 aliphatic heterocycles. The largest absolute Gasteiger partial charge is 0.389 e. The van der Waals surface area contributed by atoms with Gasteiger partial charge in [0.25, 0.3) is 0 Å². The predicted molar refractivity (Wildman–Crippen MR) is 170 cm³/mol. The van der Waals surface area contributed by atoms with Crippen molar-refractivity contribution in [3.05, 3.63) is 36.6 Å². The van der Waals surface area contributed by atoms with Gasteiger partial charge in [0.15, 0.2) is 0 Å². The topological polar surface area (TPSA) is 15.3 Å². The molecule has 0 aromatic heterocycles. The third-order valence-corrected chi connectivity index (χ3v) is 10.5. The van der Waals surface area contributed by atoms with Crippen LogP contribution in [0.15, 0.2) is 36.6 Å². The molecule has 0 heterocycles. The van der Waals surface area contributed by atoms with E-state index >= 15 is 0 Å². The van der Waals surface area contributed by atoms with Crippen molar-refractivity contribution in [2.45, 2.75) is 138 Å². The van der Waals surface area contributed by atoms with Crippen LogP contribution >= 0.6 is 0 Å². The van der Waals surface area contributed by atoms with Gasteiger partial charge in [-0.1, -0.05) is 84.6 Å². The first-order chi connectivity index (χ1) is 18.0. The molecule has 0 spiro atoms. The standard InChI is InChI=1S/C36H66N2/c1-11-35(38(27(4)5)25-33-19-14-16-28(6)24-33)36(32(10)26(2)3)30(8)18-15-23-37-31(9)21-22-34-20-13-12-17-29(34)7/h11,16,26-27,29-30,32-37H,1,9,12-15,17-25H2,2-8,10H3. The summed E-state index contributed by atoms with van der Waals surface area (Å²) in [6, 6.07) is 0.976. The number of hydrogen-bond acceptors (Lipinski definition) is 2. The maximum atomic E-state index is 4.42. The summed E-state index contributed by atoms with van der Waals surface area (Å²) < 4.78 is 0. The molecule has 0 bridgehead atoms. The Bertz CT molecular complexity index is 719. The van der Waals surface area contributed by atoms with Gasteiger partial charge < -0.3 is 5.32 Å². The minimum atomic E-state index is 0.439. The van der Waals surface area contributed by atoms with Crippen molar-refractivity contribution < 1.29 is 0 Å². The molecule has 0 aromatic carbocycles. The summed E-state index contributed by atoms with van der Waals surface area (Å²) >= 11 is 0. The van der Waals surface area contributed by atoms with Gasteiger partial charge in [-0.15, -0.1) is 6.58 Å².